The van der Waals surface area contributed by atoms with Crippen molar-refractivity contribution < 1.29 is 9.53 Å². The van der Waals surface area contributed by atoms with Crippen molar-refractivity contribution in [1.29, 1.82) is 0 Å². The number of pyridine rings is 1. The maximum Gasteiger partial charge on any atom is 0.223 e. The minimum absolute atomic E-state index is 0.175. The minimum atomic E-state index is 0.175. The summed E-state index contributed by atoms with van der Waals surface area (Å²) in [6.45, 7) is 4.74. The van der Waals surface area contributed by atoms with Crippen molar-refractivity contribution in [2.45, 2.75) is 26.4 Å². The lowest BCUT2D eigenvalue weighted by molar-refractivity contribution is -0.133. The first-order chi connectivity index (χ1) is 12.1. The normalized spacial score (nSPS) is 16.6. The predicted molar refractivity (Wildman–Crippen MR) is 92.1 cm³/mol. The summed E-state index contributed by atoms with van der Waals surface area (Å²) in [7, 11) is 1.61. The van der Waals surface area contributed by atoms with Crippen molar-refractivity contribution in [3.63, 3.8) is 0 Å². The van der Waals surface area contributed by atoms with Gasteiger partial charge in [0, 0.05) is 31.6 Å². The van der Waals surface area contributed by atoms with Crippen LogP contribution in [-0.2, 0) is 17.9 Å². The molecule has 25 heavy (non-hydrogen) atoms. The molecule has 4 heterocycles. The Morgan fingerprint density at radius 2 is 2.16 bits per heavy atom. The molecule has 0 aromatic carbocycles. The van der Waals surface area contributed by atoms with Gasteiger partial charge in [0.25, 0.3) is 0 Å². The van der Waals surface area contributed by atoms with Gasteiger partial charge in [-0.2, -0.15) is 4.98 Å². The van der Waals surface area contributed by atoms with Crippen LogP contribution in [0.5, 0.6) is 5.88 Å². The van der Waals surface area contributed by atoms with Gasteiger partial charge in [0.1, 0.15) is 5.82 Å². The first-order valence-corrected chi connectivity index (χ1v) is 8.47. The van der Waals surface area contributed by atoms with Crippen molar-refractivity contribution >= 4 is 11.6 Å². The number of aryl methyl sites for hydroxylation is 1. The molecule has 0 aliphatic carbocycles. The molecular formula is C18H21N5O2. The van der Waals surface area contributed by atoms with E-state index < -0.39 is 0 Å². The molecule has 1 amide bonds. The fourth-order valence-electron chi connectivity index (χ4n) is 3.51. The molecule has 0 atom stereocenters. The van der Waals surface area contributed by atoms with Crippen molar-refractivity contribution in [3.05, 3.63) is 41.6 Å². The average Bonchev–Trinajstić information content (AvgIpc) is 3.01. The zero-order chi connectivity index (χ0) is 17.4. The summed E-state index contributed by atoms with van der Waals surface area (Å²) in [6.07, 6.45) is 4.20. The second-order valence-electron chi connectivity index (χ2n) is 6.64. The van der Waals surface area contributed by atoms with Gasteiger partial charge in [-0.15, -0.1) is 0 Å². The van der Waals surface area contributed by atoms with E-state index in [2.05, 4.69) is 25.9 Å². The van der Waals surface area contributed by atoms with Crippen LogP contribution in [0.3, 0.4) is 0 Å². The number of aromatic nitrogens is 3. The summed E-state index contributed by atoms with van der Waals surface area (Å²) in [6, 6.07) is 3.99. The van der Waals surface area contributed by atoms with Crippen LogP contribution in [0.4, 0.5) is 5.69 Å². The summed E-state index contributed by atoms with van der Waals surface area (Å²) in [5.74, 6) is 1.83. The van der Waals surface area contributed by atoms with E-state index in [1.165, 1.54) is 0 Å². The Morgan fingerprint density at radius 3 is 2.88 bits per heavy atom. The number of nitrogens with zero attached hydrogens (tertiary/aromatic N) is 5. The number of rotatable bonds is 4. The van der Waals surface area contributed by atoms with Gasteiger partial charge < -0.3 is 14.5 Å². The molecule has 130 valence electrons. The number of carbonyl (C=O) groups is 1. The van der Waals surface area contributed by atoms with Gasteiger partial charge in [-0.3, -0.25) is 9.78 Å². The maximum absolute atomic E-state index is 12.7. The van der Waals surface area contributed by atoms with E-state index in [-0.39, 0.29) is 5.91 Å². The monoisotopic (exact) mass is 339 g/mol. The first kappa shape index (κ1) is 15.8. The Labute approximate surface area is 146 Å². The molecule has 7 nitrogen and oxygen atoms in total. The highest BCUT2D eigenvalue weighted by Crippen LogP contribution is 2.31. The van der Waals surface area contributed by atoms with E-state index in [1.54, 1.807) is 13.3 Å². The van der Waals surface area contributed by atoms with Crippen LogP contribution in [0, 0.1) is 12.8 Å². The van der Waals surface area contributed by atoms with E-state index in [0.29, 0.717) is 37.1 Å². The Hall–Kier alpha value is -2.70. The number of anilines is 1. The number of ether oxygens (including phenoxy) is 1. The van der Waals surface area contributed by atoms with Crippen LogP contribution in [-0.4, -0.2) is 46.0 Å². The summed E-state index contributed by atoms with van der Waals surface area (Å²) in [5.41, 5.74) is 2.96. The van der Waals surface area contributed by atoms with Crippen molar-refractivity contribution in [2.24, 2.45) is 5.92 Å². The lowest BCUT2D eigenvalue weighted by Crippen LogP contribution is -2.48. The largest absolute Gasteiger partial charge is 0.481 e. The van der Waals surface area contributed by atoms with Crippen LogP contribution in [0.1, 0.15) is 23.5 Å². The van der Waals surface area contributed by atoms with Crippen LogP contribution in [0.2, 0.25) is 0 Å². The number of amides is 1. The Bertz CT molecular complexity index is 790. The third-order valence-corrected chi connectivity index (χ3v) is 4.83. The molecule has 0 saturated carbocycles. The topological polar surface area (TPSA) is 71.5 Å². The molecule has 1 saturated heterocycles. The average molecular weight is 339 g/mol. The second-order valence-corrected chi connectivity index (χ2v) is 6.64. The van der Waals surface area contributed by atoms with Crippen LogP contribution in [0.25, 0.3) is 0 Å². The van der Waals surface area contributed by atoms with E-state index in [0.717, 1.165) is 30.0 Å². The van der Waals surface area contributed by atoms with E-state index in [1.807, 2.05) is 24.1 Å². The van der Waals surface area contributed by atoms with Gasteiger partial charge in [0.05, 0.1) is 43.3 Å². The molecule has 0 N–H and O–H groups in total. The Morgan fingerprint density at radius 1 is 1.32 bits per heavy atom. The SMILES string of the molecule is COc1nc(C)nc2c1CN(C(=O)CC1CN(c3cccnc3)C1)C2. The lowest BCUT2D eigenvalue weighted by Gasteiger charge is -2.41. The maximum atomic E-state index is 12.7. The zero-order valence-electron chi connectivity index (χ0n) is 14.5. The second kappa shape index (κ2) is 6.31. The van der Waals surface area contributed by atoms with Gasteiger partial charge in [-0.05, 0) is 19.1 Å². The number of methoxy groups -OCH3 is 1. The van der Waals surface area contributed by atoms with Gasteiger partial charge in [0.15, 0.2) is 0 Å². The minimum Gasteiger partial charge on any atom is -0.481 e. The third-order valence-electron chi connectivity index (χ3n) is 4.83. The van der Waals surface area contributed by atoms with E-state index in [4.69, 9.17) is 4.74 Å². The number of carbonyl (C=O) groups excluding carboxylic acids is 1. The Kier molecular flexibility index (Phi) is 3.99. The number of hydrogen-bond acceptors (Lipinski definition) is 6. The van der Waals surface area contributed by atoms with Crippen molar-refractivity contribution in [2.75, 3.05) is 25.1 Å². The molecule has 7 heteroatoms. The fourth-order valence-corrected chi connectivity index (χ4v) is 3.51. The molecule has 2 aromatic rings. The standard InChI is InChI=1S/C18H21N5O2/c1-12-20-16-11-23(10-15(16)18(21-12)25-2)17(24)6-13-8-22(9-13)14-4-3-5-19-7-14/h3-5,7,13H,6,8-11H2,1-2H3. The molecule has 0 unspecified atom stereocenters. The first-order valence-electron chi connectivity index (χ1n) is 8.47. The highest BCUT2D eigenvalue weighted by molar-refractivity contribution is 5.77. The molecule has 1 fully saturated rings. The van der Waals surface area contributed by atoms with Gasteiger partial charge in [-0.1, -0.05) is 0 Å². The summed E-state index contributed by atoms with van der Waals surface area (Å²) in [5, 5.41) is 0. The highest BCUT2D eigenvalue weighted by Gasteiger charge is 2.33. The van der Waals surface area contributed by atoms with E-state index >= 15 is 0 Å². The van der Waals surface area contributed by atoms with Gasteiger partial charge in [-0.25, -0.2) is 4.98 Å². The van der Waals surface area contributed by atoms with Gasteiger partial charge in [0.2, 0.25) is 11.8 Å². The van der Waals surface area contributed by atoms with Crippen LogP contribution < -0.4 is 9.64 Å². The number of fused-ring (bicyclic) bond motifs is 1. The van der Waals surface area contributed by atoms with Crippen molar-refractivity contribution in [3.8, 4) is 5.88 Å². The Balaban J connectivity index is 1.35. The molecule has 0 radical (unpaired) electrons. The summed E-state index contributed by atoms with van der Waals surface area (Å²) in [4.78, 5) is 29.7. The van der Waals surface area contributed by atoms with E-state index in [9.17, 15) is 4.79 Å². The smallest absolute Gasteiger partial charge is 0.223 e. The van der Waals surface area contributed by atoms with Gasteiger partial charge >= 0.3 is 0 Å². The predicted octanol–water partition coefficient (Wildman–Crippen LogP) is 1.56. The third kappa shape index (κ3) is 3.01. The van der Waals surface area contributed by atoms with Crippen LogP contribution >= 0.6 is 0 Å². The fraction of sp³-hybridized carbons (Fsp3) is 0.444. The summed E-state index contributed by atoms with van der Waals surface area (Å²) >= 11 is 0. The molecular weight excluding hydrogens is 318 g/mol. The molecule has 2 aliphatic heterocycles. The van der Waals surface area contributed by atoms with Crippen LogP contribution in [0.15, 0.2) is 24.5 Å². The lowest BCUT2D eigenvalue weighted by atomic mass is 9.95. The van der Waals surface area contributed by atoms with Crippen molar-refractivity contribution in [1.82, 2.24) is 19.9 Å². The molecule has 2 aromatic heterocycles. The number of hydrogen-bond donors (Lipinski definition) is 0. The molecule has 2 aliphatic rings. The molecule has 0 spiro atoms. The summed E-state index contributed by atoms with van der Waals surface area (Å²) < 4.78 is 5.34. The quantitative estimate of drug-likeness (QED) is 0.842. The molecule has 4 rings (SSSR count). The zero-order valence-corrected chi connectivity index (χ0v) is 14.5. The highest BCUT2D eigenvalue weighted by atomic mass is 16.5. The molecule has 0 bridgehead atoms.